The molecule has 6 nitrogen and oxygen atoms in total. The van der Waals surface area contributed by atoms with Crippen LogP contribution >= 0.6 is 31.9 Å². The van der Waals surface area contributed by atoms with Gasteiger partial charge < -0.3 is 16.0 Å². The summed E-state index contributed by atoms with van der Waals surface area (Å²) in [4.78, 5) is 36.8. The van der Waals surface area contributed by atoms with Crippen molar-refractivity contribution in [2.45, 2.75) is 12.8 Å². The van der Waals surface area contributed by atoms with Crippen LogP contribution in [0.1, 0.15) is 12.8 Å². The van der Waals surface area contributed by atoms with Crippen LogP contribution < -0.4 is 11.1 Å². The average molecular weight is 459 g/mol. The van der Waals surface area contributed by atoms with E-state index < -0.39 is 11.8 Å². The lowest BCUT2D eigenvalue weighted by Gasteiger charge is -2.30. The SMILES string of the molecule is NC(=O)C1CCCN(C(=O)C=CC(=O)Nc2ccc(Br)cc2Br)C1. The van der Waals surface area contributed by atoms with Gasteiger partial charge in [0.05, 0.1) is 11.6 Å². The summed E-state index contributed by atoms with van der Waals surface area (Å²) in [6.45, 7) is 0.866. The molecule has 128 valence electrons. The Morgan fingerprint density at radius 3 is 2.67 bits per heavy atom. The van der Waals surface area contributed by atoms with Gasteiger partial charge in [-0.3, -0.25) is 14.4 Å². The molecule has 1 aromatic carbocycles. The van der Waals surface area contributed by atoms with Crippen molar-refractivity contribution in [3.63, 3.8) is 0 Å². The fourth-order valence-corrected chi connectivity index (χ4v) is 3.57. The van der Waals surface area contributed by atoms with Crippen LogP contribution in [-0.4, -0.2) is 35.7 Å². The van der Waals surface area contributed by atoms with Gasteiger partial charge in [-0.15, -0.1) is 0 Å². The summed E-state index contributed by atoms with van der Waals surface area (Å²) < 4.78 is 1.61. The fraction of sp³-hybridized carbons (Fsp3) is 0.312. The second-order valence-corrected chi connectivity index (χ2v) is 7.24. The van der Waals surface area contributed by atoms with Gasteiger partial charge in [-0.2, -0.15) is 0 Å². The van der Waals surface area contributed by atoms with Gasteiger partial charge in [0, 0.05) is 34.2 Å². The number of amides is 3. The molecule has 1 saturated heterocycles. The molecule has 3 amide bonds. The predicted molar refractivity (Wildman–Crippen MR) is 98.1 cm³/mol. The average Bonchev–Trinajstić information content (AvgIpc) is 2.55. The summed E-state index contributed by atoms with van der Waals surface area (Å²) >= 11 is 6.68. The van der Waals surface area contributed by atoms with Gasteiger partial charge in [0.2, 0.25) is 17.7 Å². The molecule has 1 unspecified atom stereocenters. The molecular weight excluding hydrogens is 442 g/mol. The number of likely N-dealkylation sites (tertiary alicyclic amines) is 1. The van der Waals surface area contributed by atoms with Gasteiger partial charge in [-0.1, -0.05) is 15.9 Å². The summed E-state index contributed by atoms with van der Waals surface area (Å²) in [5, 5.41) is 2.68. The van der Waals surface area contributed by atoms with Crippen molar-refractivity contribution < 1.29 is 14.4 Å². The largest absolute Gasteiger partial charge is 0.369 e. The van der Waals surface area contributed by atoms with Gasteiger partial charge in [0.1, 0.15) is 0 Å². The van der Waals surface area contributed by atoms with Crippen LogP contribution in [0.5, 0.6) is 0 Å². The van der Waals surface area contributed by atoms with Crippen molar-refractivity contribution in [3.8, 4) is 0 Å². The molecule has 8 heteroatoms. The molecule has 1 aliphatic rings. The smallest absolute Gasteiger partial charge is 0.248 e. The number of benzene rings is 1. The van der Waals surface area contributed by atoms with Crippen LogP contribution in [0.15, 0.2) is 39.3 Å². The molecule has 24 heavy (non-hydrogen) atoms. The Morgan fingerprint density at radius 1 is 1.25 bits per heavy atom. The number of nitrogens with zero attached hydrogens (tertiary/aromatic N) is 1. The Kier molecular flexibility index (Phi) is 6.56. The highest BCUT2D eigenvalue weighted by Gasteiger charge is 2.25. The highest BCUT2D eigenvalue weighted by Crippen LogP contribution is 2.26. The minimum Gasteiger partial charge on any atom is -0.369 e. The monoisotopic (exact) mass is 457 g/mol. The molecule has 1 heterocycles. The molecule has 0 aromatic heterocycles. The van der Waals surface area contributed by atoms with E-state index in [1.807, 2.05) is 6.07 Å². The highest BCUT2D eigenvalue weighted by atomic mass is 79.9. The number of primary amides is 1. The Labute approximate surface area is 156 Å². The van der Waals surface area contributed by atoms with Crippen LogP contribution in [0.25, 0.3) is 0 Å². The molecule has 0 bridgehead atoms. The van der Waals surface area contributed by atoms with Gasteiger partial charge in [-0.05, 0) is 47.0 Å². The van der Waals surface area contributed by atoms with Crippen LogP contribution in [0.4, 0.5) is 5.69 Å². The van der Waals surface area contributed by atoms with Crippen molar-refractivity contribution in [1.29, 1.82) is 0 Å². The molecule has 1 atom stereocenters. The molecule has 0 radical (unpaired) electrons. The Hall–Kier alpha value is -1.67. The minimum atomic E-state index is -0.408. The number of halogens is 2. The lowest BCUT2D eigenvalue weighted by Crippen LogP contribution is -2.43. The van der Waals surface area contributed by atoms with Gasteiger partial charge >= 0.3 is 0 Å². The maximum Gasteiger partial charge on any atom is 0.248 e. The lowest BCUT2D eigenvalue weighted by atomic mass is 9.97. The second-order valence-electron chi connectivity index (χ2n) is 5.47. The van der Waals surface area contributed by atoms with Crippen molar-refractivity contribution in [2.75, 3.05) is 18.4 Å². The molecule has 1 aliphatic heterocycles. The number of nitrogens with one attached hydrogen (secondary N) is 1. The molecule has 1 fully saturated rings. The van der Waals surface area contributed by atoms with E-state index in [1.165, 1.54) is 17.1 Å². The summed E-state index contributed by atoms with van der Waals surface area (Å²) in [5.74, 6) is -1.42. The van der Waals surface area contributed by atoms with E-state index in [1.54, 1.807) is 12.1 Å². The maximum atomic E-state index is 12.1. The van der Waals surface area contributed by atoms with Crippen LogP contribution in [0, 0.1) is 5.92 Å². The Bertz CT molecular complexity index is 691. The van der Waals surface area contributed by atoms with Gasteiger partial charge in [0.15, 0.2) is 0 Å². The topological polar surface area (TPSA) is 92.5 Å². The number of carbonyl (C=O) groups excluding carboxylic acids is 3. The molecule has 0 saturated carbocycles. The first-order chi connectivity index (χ1) is 11.4. The third kappa shape index (κ3) is 5.17. The number of hydrogen-bond acceptors (Lipinski definition) is 3. The number of hydrogen-bond donors (Lipinski definition) is 2. The number of carbonyl (C=O) groups is 3. The van der Waals surface area contributed by atoms with E-state index in [9.17, 15) is 14.4 Å². The minimum absolute atomic E-state index is 0.300. The number of nitrogens with two attached hydrogens (primary N) is 1. The van der Waals surface area contributed by atoms with E-state index in [0.717, 1.165) is 15.4 Å². The third-order valence-corrected chi connectivity index (χ3v) is 4.85. The van der Waals surface area contributed by atoms with Crippen molar-refractivity contribution in [1.82, 2.24) is 4.90 Å². The van der Waals surface area contributed by atoms with Crippen molar-refractivity contribution in [3.05, 3.63) is 39.3 Å². The molecule has 0 aliphatic carbocycles. The van der Waals surface area contributed by atoms with E-state index in [2.05, 4.69) is 37.2 Å². The van der Waals surface area contributed by atoms with E-state index in [4.69, 9.17) is 5.73 Å². The zero-order valence-electron chi connectivity index (χ0n) is 12.8. The van der Waals surface area contributed by atoms with Gasteiger partial charge in [0.25, 0.3) is 0 Å². The quantitative estimate of drug-likeness (QED) is 0.678. The molecule has 0 spiro atoms. The van der Waals surface area contributed by atoms with E-state index in [-0.39, 0.29) is 11.8 Å². The first kappa shape index (κ1) is 18.7. The molecule has 2 rings (SSSR count). The normalized spacial score (nSPS) is 17.8. The summed E-state index contributed by atoms with van der Waals surface area (Å²) in [7, 11) is 0. The first-order valence-corrected chi connectivity index (χ1v) is 8.97. The van der Waals surface area contributed by atoms with Crippen LogP contribution in [-0.2, 0) is 14.4 Å². The second kappa shape index (κ2) is 8.43. The van der Waals surface area contributed by atoms with E-state index >= 15 is 0 Å². The van der Waals surface area contributed by atoms with Crippen LogP contribution in [0.3, 0.4) is 0 Å². The third-order valence-electron chi connectivity index (χ3n) is 3.70. The molecule has 3 N–H and O–H groups in total. The predicted octanol–water partition coefficient (Wildman–Crippen LogP) is 2.43. The summed E-state index contributed by atoms with van der Waals surface area (Å²) in [6, 6.07) is 5.35. The lowest BCUT2D eigenvalue weighted by molar-refractivity contribution is -0.131. The zero-order chi connectivity index (χ0) is 17.7. The maximum absolute atomic E-state index is 12.1. The van der Waals surface area contributed by atoms with Crippen molar-refractivity contribution >= 4 is 55.3 Å². The molecular formula is C16H17Br2N3O3. The summed E-state index contributed by atoms with van der Waals surface area (Å²) in [6.07, 6.45) is 3.82. The standard InChI is InChI=1S/C16H17Br2N3O3/c17-11-3-4-13(12(18)8-11)20-14(22)5-6-15(23)21-7-1-2-10(9-21)16(19)24/h3-6,8,10H,1-2,7,9H2,(H2,19,24)(H,20,22). The fourth-order valence-electron chi connectivity index (χ4n) is 2.43. The number of rotatable bonds is 4. The number of piperidine rings is 1. The van der Waals surface area contributed by atoms with E-state index in [0.29, 0.717) is 25.2 Å². The van der Waals surface area contributed by atoms with Crippen LogP contribution in [0.2, 0.25) is 0 Å². The van der Waals surface area contributed by atoms with Gasteiger partial charge in [-0.25, -0.2) is 0 Å². The Balaban J connectivity index is 1.93. The van der Waals surface area contributed by atoms with Crippen molar-refractivity contribution in [2.24, 2.45) is 11.7 Å². The number of anilines is 1. The first-order valence-electron chi connectivity index (χ1n) is 7.39. The zero-order valence-corrected chi connectivity index (χ0v) is 16.0. The Morgan fingerprint density at radius 2 is 2.00 bits per heavy atom. The molecule has 1 aromatic rings. The highest BCUT2D eigenvalue weighted by molar-refractivity contribution is 9.11. The summed E-state index contributed by atoms with van der Waals surface area (Å²) in [5.41, 5.74) is 5.90.